The highest BCUT2D eigenvalue weighted by Gasteiger charge is 2.30. The zero-order valence-electron chi connectivity index (χ0n) is 24.5. The quantitative estimate of drug-likeness (QED) is 0.133. The second kappa shape index (κ2) is 13.5. The number of para-hydroxylation sites is 1. The van der Waals surface area contributed by atoms with Gasteiger partial charge in [-0.1, -0.05) is 43.8 Å². The number of halogens is 5. The molecule has 6 rings (SSSR count). The molecule has 3 aromatic carbocycles. The predicted octanol–water partition coefficient (Wildman–Crippen LogP) is 5.97. The van der Waals surface area contributed by atoms with Gasteiger partial charge >= 0.3 is 11.9 Å². The molecule has 0 aliphatic carbocycles. The van der Waals surface area contributed by atoms with Crippen LogP contribution in [0.1, 0.15) is 28.2 Å². The van der Waals surface area contributed by atoms with Crippen molar-refractivity contribution in [3.63, 3.8) is 0 Å². The second-order valence-electron chi connectivity index (χ2n) is 10.5. The van der Waals surface area contributed by atoms with Crippen LogP contribution in [0.25, 0.3) is 32.7 Å². The first kappa shape index (κ1) is 34.7. The number of thiophene rings is 1. The number of hydrogen-bond acceptors (Lipinski definition) is 9. The summed E-state index contributed by atoms with van der Waals surface area (Å²) in [6.45, 7) is -1.67. The molecule has 254 valence electrons. The Kier molecular flexibility index (Phi) is 9.53. The lowest BCUT2D eigenvalue weighted by atomic mass is 9.97. The average Bonchev–Trinajstić information content (AvgIpc) is 3.67. The van der Waals surface area contributed by atoms with Gasteiger partial charge in [-0.25, -0.2) is 18.6 Å². The lowest BCUT2D eigenvalue weighted by molar-refractivity contribution is -0.303. The molecule has 49 heavy (non-hydrogen) atoms. The number of Topliss-reactive ketones (excluding diaryl/α,β-unsaturated/α-hetero) is 1. The zero-order chi connectivity index (χ0) is 34.3. The van der Waals surface area contributed by atoms with Crippen molar-refractivity contribution < 1.29 is 41.1 Å². The number of hydrogen-bond donors (Lipinski definition) is 0. The number of nitrogens with zero attached hydrogens (tertiary/aromatic N) is 4. The summed E-state index contributed by atoms with van der Waals surface area (Å²) in [5.74, 6) is -2.96. The second-order valence-corrected chi connectivity index (χ2v) is 11.6. The van der Waals surface area contributed by atoms with E-state index in [1.807, 2.05) is 0 Å². The minimum Gasteiger partial charge on any atom is -0.528 e. The maximum atomic E-state index is 15.7. The molecule has 0 aliphatic heterocycles. The molecule has 3 aromatic heterocycles. The van der Waals surface area contributed by atoms with Crippen molar-refractivity contribution in [2.24, 2.45) is 0 Å². The molecule has 0 unspecified atom stereocenters. The molecule has 10 nitrogen and oxygen atoms in total. The van der Waals surface area contributed by atoms with Crippen molar-refractivity contribution in [2.45, 2.75) is 33.1 Å². The van der Waals surface area contributed by atoms with E-state index in [1.54, 1.807) is 18.2 Å². The van der Waals surface area contributed by atoms with E-state index in [4.69, 9.17) is 4.74 Å². The van der Waals surface area contributed by atoms with Crippen LogP contribution >= 0.6 is 11.3 Å². The summed E-state index contributed by atoms with van der Waals surface area (Å²) in [7, 11) is 1.31. The Morgan fingerprint density at radius 3 is 2.27 bits per heavy atom. The minimum absolute atomic E-state index is 0. The first-order valence-electron chi connectivity index (χ1n) is 13.9. The molecule has 3 heterocycles. The Balaban J connectivity index is 0.00000468. The summed E-state index contributed by atoms with van der Waals surface area (Å²) in [4.78, 5) is 43.5. The van der Waals surface area contributed by atoms with Gasteiger partial charge in [-0.3, -0.25) is 18.7 Å². The first-order valence-corrected chi connectivity index (χ1v) is 14.7. The third kappa shape index (κ3) is 6.85. The fraction of sp³-hybridized carbons (Fsp3) is 0.182. The van der Waals surface area contributed by atoms with E-state index in [9.17, 15) is 32.7 Å². The van der Waals surface area contributed by atoms with E-state index >= 15 is 8.78 Å². The number of carbonyl (C=O) groups is 1. The summed E-state index contributed by atoms with van der Waals surface area (Å²) in [6.07, 6.45) is -7.06. The lowest BCUT2D eigenvalue weighted by Gasteiger charge is -2.15. The monoisotopic (exact) mass is 699 g/mol. The van der Waals surface area contributed by atoms with Crippen molar-refractivity contribution in [1.82, 2.24) is 19.3 Å². The van der Waals surface area contributed by atoms with Crippen LogP contribution in [-0.4, -0.2) is 38.3 Å². The Morgan fingerprint density at radius 2 is 1.63 bits per heavy atom. The summed E-state index contributed by atoms with van der Waals surface area (Å²) in [5, 5.41) is 14.7. The van der Waals surface area contributed by atoms with Gasteiger partial charge in [0.1, 0.15) is 22.2 Å². The van der Waals surface area contributed by atoms with Crippen molar-refractivity contribution in [2.75, 3.05) is 7.11 Å². The molecule has 0 saturated heterocycles. The standard InChI is InChI=1S/C32H21F5N4O6S.CH4/c1-46-26-9-5-4-8-20(26)25(42)15-40-28(43)21-12-17(13-32(35,36)37)48-29(21)41(31(40)45)14-22-23(33)10-16(11-24(22)34)18-6-2-3-7-19(18)27-38-30(44)47-39-27;/h2-12H,13-15H2,1H3,(H,38,39,44);1H4/p-1. The number of ketones is 1. The normalized spacial score (nSPS) is 11.5. The van der Waals surface area contributed by atoms with Gasteiger partial charge in [0, 0.05) is 16.0 Å². The van der Waals surface area contributed by atoms with Crippen LogP contribution < -0.4 is 21.1 Å². The van der Waals surface area contributed by atoms with Gasteiger partial charge in [-0.15, -0.1) is 11.3 Å². The molecular formula is C33H24F5N4O6S-. The highest BCUT2D eigenvalue weighted by Crippen LogP contribution is 2.34. The van der Waals surface area contributed by atoms with Crippen LogP contribution in [0.5, 0.6) is 11.8 Å². The fourth-order valence-corrected chi connectivity index (χ4v) is 6.40. The smallest absolute Gasteiger partial charge is 0.393 e. The van der Waals surface area contributed by atoms with Crippen LogP contribution in [0.3, 0.4) is 0 Å². The molecule has 0 bridgehead atoms. The van der Waals surface area contributed by atoms with Gasteiger partial charge in [0.2, 0.25) is 0 Å². The zero-order valence-corrected chi connectivity index (χ0v) is 25.3. The maximum Gasteiger partial charge on any atom is 0.393 e. The molecule has 0 amide bonds. The molecule has 0 aliphatic rings. The number of benzene rings is 3. The fourth-order valence-electron chi connectivity index (χ4n) is 5.23. The number of alkyl halides is 3. The lowest BCUT2D eigenvalue weighted by Crippen LogP contribution is -2.41. The van der Waals surface area contributed by atoms with Crippen molar-refractivity contribution in [1.29, 1.82) is 0 Å². The highest BCUT2D eigenvalue weighted by atomic mass is 32.1. The average molecular weight is 700 g/mol. The van der Waals surface area contributed by atoms with E-state index in [0.29, 0.717) is 15.9 Å². The summed E-state index contributed by atoms with van der Waals surface area (Å²) in [5.41, 5.74) is -2.36. The Bertz CT molecular complexity index is 2300. The maximum absolute atomic E-state index is 15.7. The third-order valence-electron chi connectivity index (χ3n) is 7.37. The Hall–Kier alpha value is -5.64. The van der Waals surface area contributed by atoms with E-state index in [2.05, 4.69) is 14.7 Å². The van der Waals surface area contributed by atoms with Gasteiger partial charge in [-0.05, 0) is 41.5 Å². The molecule has 0 radical (unpaired) electrons. The van der Waals surface area contributed by atoms with Crippen molar-refractivity contribution in [3.05, 3.63) is 115 Å². The van der Waals surface area contributed by atoms with Crippen LogP contribution in [0.2, 0.25) is 0 Å². The Morgan fingerprint density at radius 1 is 0.980 bits per heavy atom. The number of ether oxygens (including phenoxy) is 1. The van der Waals surface area contributed by atoms with Gasteiger partial charge in [-0.2, -0.15) is 18.3 Å². The Labute approximate surface area is 277 Å². The van der Waals surface area contributed by atoms with Crippen LogP contribution in [0.15, 0.2) is 80.8 Å². The van der Waals surface area contributed by atoms with E-state index in [1.165, 1.54) is 37.4 Å². The van der Waals surface area contributed by atoms with Gasteiger partial charge < -0.3 is 14.4 Å². The minimum atomic E-state index is -4.66. The molecular weight excluding hydrogens is 675 g/mol. The van der Waals surface area contributed by atoms with E-state index < -0.39 is 66.0 Å². The number of carbonyl (C=O) groups excluding carboxylic acids is 1. The number of rotatable bonds is 9. The van der Waals surface area contributed by atoms with Crippen molar-refractivity contribution in [3.8, 4) is 34.3 Å². The molecule has 16 heteroatoms. The van der Waals surface area contributed by atoms with E-state index in [-0.39, 0.29) is 56.3 Å². The highest BCUT2D eigenvalue weighted by molar-refractivity contribution is 7.18. The molecule has 0 spiro atoms. The SMILES string of the molecule is C.COc1ccccc1C(=O)Cn1c(=O)c2cc(CC(F)(F)F)sc2n(Cc2c(F)cc(-c3ccccc3-c3noc([O-])n3)cc2F)c1=O. The van der Waals surface area contributed by atoms with Crippen LogP contribution in [0, 0.1) is 11.6 Å². The molecule has 0 atom stereocenters. The van der Waals surface area contributed by atoms with Gasteiger partial charge in [0.25, 0.3) is 5.56 Å². The molecule has 6 aromatic rings. The topological polar surface area (TPSA) is 132 Å². The number of aromatic nitrogens is 4. The first-order chi connectivity index (χ1) is 22.8. The van der Waals surface area contributed by atoms with E-state index in [0.717, 1.165) is 22.8 Å². The van der Waals surface area contributed by atoms with Gasteiger partial charge in [0.05, 0.1) is 37.6 Å². The molecule has 0 saturated carbocycles. The summed E-state index contributed by atoms with van der Waals surface area (Å²) < 4.78 is 82.3. The summed E-state index contributed by atoms with van der Waals surface area (Å²) in [6, 6.07) is 15.0. The van der Waals surface area contributed by atoms with Crippen LogP contribution in [-0.2, 0) is 19.5 Å². The van der Waals surface area contributed by atoms with Crippen molar-refractivity contribution >= 4 is 27.3 Å². The molecule has 0 N–H and O–H groups in total. The van der Waals surface area contributed by atoms with Gasteiger partial charge in [0.15, 0.2) is 17.7 Å². The van der Waals surface area contributed by atoms with Crippen LogP contribution in [0.4, 0.5) is 22.0 Å². The largest absolute Gasteiger partial charge is 0.528 e. The third-order valence-corrected chi connectivity index (χ3v) is 8.53. The predicted molar refractivity (Wildman–Crippen MR) is 168 cm³/mol. The number of fused-ring (bicyclic) bond motifs is 1. The molecule has 0 fully saturated rings. The number of methoxy groups -OCH3 is 1. The summed E-state index contributed by atoms with van der Waals surface area (Å²) >= 11 is 0.473.